The Morgan fingerprint density at radius 3 is 3.00 bits per heavy atom. The summed E-state index contributed by atoms with van der Waals surface area (Å²) < 4.78 is 5.51. The second kappa shape index (κ2) is 6.34. The van der Waals surface area contributed by atoms with E-state index in [9.17, 15) is 0 Å². The van der Waals surface area contributed by atoms with Crippen LogP contribution in [0.2, 0.25) is 0 Å². The second-order valence-corrected chi connectivity index (χ2v) is 4.65. The Morgan fingerprint density at radius 1 is 1.44 bits per heavy atom. The van der Waals surface area contributed by atoms with Crippen molar-refractivity contribution < 1.29 is 4.74 Å². The first kappa shape index (κ1) is 12.8. The van der Waals surface area contributed by atoms with Crippen LogP contribution in [-0.4, -0.2) is 19.7 Å². The van der Waals surface area contributed by atoms with Crippen molar-refractivity contribution in [1.29, 1.82) is 0 Å². The van der Waals surface area contributed by atoms with E-state index in [1.807, 2.05) is 13.0 Å². The monoisotopic (exact) mass is 246 g/mol. The summed E-state index contributed by atoms with van der Waals surface area (Å²) >= 11 is 0. The van der Waals surface area contributed by atoms with Gasteiger partial charge in [-0.25, -0.2) is 0 Å². The number of hydrogen-bond donors (Lipinski definition) is 2. The molecule has 0 radical (unpaired) electrons. The third-order valence-corrected chi connectivity index (χ3v) is 3.16. The Kier molecular flexibility index (Phi) is 4.51. The van der Waals surface area contributed by atoms with Crippen LogP contribution in [0.25, 0.3) is 0 Å². The third-order valence-electron chi connectivity index (χ3n) is 3.16. The van der Waals surface area contributed by atoms with Crippen LogP contribution in [0.15, 0.2) is 47.5 Å². The molecule has 0 aromatic carbocycles. The summed E-state index contributed by atoms with van der Waals surface area (Å²) in [5, 5.41) is 6.76. The molecular weight excluding hydrogens is 224 g/mol. The van der Waals surface area contributed by atoms with Crippen LogP contribution >= 0.6 is 0 Å². The Labute approximate surface area is 109 Å². The molecule has 0 bridgehead atoms. The van der Waals surface area contributed by atoms with Gasteiger partial charge in [-0.3, -0.25) is 0 Å². The van der Waals surface area contributed by atoms with Crippen LogP contribution in [0.3, 0.4) is 0 Å². The average molecular weight is 246 g/mol. The topological polar surface area (TPSA) is 33.3 Å². The minimum Gasteiger partial charge on any atom is -0.494 e. The minimum absolute atomic E-state index is 0.694. The molecular formula is C15H22N2O. The van der Waals surface area contributed by atoms with E-state index >= 15 is 0 Å². The summed E-state index contributed by atoms with van der Waals surface area (Å²) in [7, 11) is 0. The van der Waals surface area contributed by atoms with Gasteiger partial charge in [0.25, 0.3) is 0 Å². The summed E-state index contributed by atoms with van der Waals surface area (Å²) in [5.41, 5.74) is 3.71. The molecule has 1 aliphatic heterocycles. The first-order valence-corrected chi connectivity index (χ1v) is 6.66. The van der Waals surface area contributed by atoms with Crippen molar-refractivity contribution in [3.05, 3.63) is 47.5 Å². The van der Waals surface area contributed by atoms with Crippen LogP contribution in [0.4, 0.5) is 0 Å². The lowest BCUT2D eigenvalue weighted by Gasteiger charge is -2.20. The lowest BCUT2D eigenvalue weighted by Crippen LogP contribution is -2.23. The molecule has 0 fully saturated rings. The Morgan fingerprint density at radius 2 is 2.33 bits per heavy atom. The summed E-state index contributed by atoms with van der Waals surface area (Å²) in [6, 6.07) is 0. The zero-order valence-corrected chi connectivity index (χ0v) is 11.1. The van der Waals surface area contributed by atoms with Crippen molar-refractivity contribution in [1.82, 2.24) is 10.6 Å². The molecule has 0 aromatic heterocycles. The summed E-state index contributed by atoms with van der Waals surface area (Å²) in [4.78, 5) is 0. The molecule has 18 heavy (non-hydrogen) atoms. The van der Waals surface area contributed by atoms with Crippen molar-refractivity contribution in [3.63, 3.8) is 0 Å². The van der Waals surface area contributed by atoms with E-state index < -0.39 is 0 Å². The van der Waals surface area contributed by atoms with E-state index in [2.05, 4.69) is 29.5 Å². The van der Waals surface area contributed by atoms with Gasteiger partial charge in [-0.15, -0.1) is 0 Å². The number of rotatable bonds is 5. The van der Waals surface area contributed by atoms with E-state index in [0.29, 0.717) is 6.61 Å². The molecule has 2 aliphatic rings. The zero-order chi connectivity index (χ0) is 12.8. The van der Waals surface area contributed by atoms with Crippen LogP contribution in [-0.2, 0) is 4.74 Å². The summed E-state index contributed by atoms with van der Waals surface area (Å²) in [5.74, 6) is 0.918. The van der Waals surface area contributed by atoms with Gasteiger partial charge in [0.1, 0.15) is 5.76 Å². The van der Waals surface area contributed by atoms with Gasteiger partial charge in [-0.05, 0) is 49.3 Å². The van der Waals surface area contributed by atoms with Crippen molar-refractivity contribution in [3.8, 4) is 0 Å². The molecule has 1 aliphatic carbocycles. The van der Waals surface area contributed by atoms with E-state index in [4.69, 9.17) is 4.74 Å². The molecule has 1 heterocycles. The second-order valence-electron chi connectivity index (χ2n) is 4.65. The van der Waals surface area contributed by atoms with Crippen molar-refractivity contribution in [2.24, 2.45) is 0 Å². The largest absolute Gasteiger partial charge is 0.494 e. The van der Waals surface area contributed by atoms with E-state index in [-0.39, 0.29) is 0 Å². The average Bonchev–Trinajstić information content (AvgIpc) is 2.41. The smallest absolute Gasteiger partial charge is 0.122 e. The quantitative estimate of drug-likeness (QED) is 0.782. The van der Waals surface area contributed by atoms with Crippen molar-refractivity contribution in [2.45, 2.75) is 26.2 Å². The SMILES string of the molecule is C=C1CC(NCC2=CNCCC2)=CC=C1OCC. The standard InChI is InChI=1S/C15H22N2O/c1-3-18-15-7-6-14(9-12(15)2)17-11-13-5-4-8-16-10-13/h6-7,10,16-17H,2-5,8-9,11H2,1H3. The Bertz CT molecular complexity index is 405. The highest BCUT2D eigenvalue weighted by Gasteiger charge is 2.11. The van der Waals surface area contributed by atoms with E-state index in [1.54, 1.807) is 0 Å². The van der Waals surface area contributed by atoms with Gasteiger partial charge in [0.2, 0.25) is 0 Å². The van der Waals surface area contributed by atoms with E-state index in [0.717, 1.165) is 30.8 Å². The van der Waals surface area contributed by atoms with Gasteiger partial charge >= 0.3 is 0 Å². The van der Waals surface area contributed by atoms with Crippen molar-refractivity contribution in [2.75, 3.05) is 19.7 Å². The predicted molar refractivity (Wildman–Crippen MR) is 74.9 cm³/mol. The van der Waals surface area contributed by atoms with Crippen LogP contribution in [0.5, 0.6) is 0 Å². The van der Waals surface area contributed by atoms with Gasteiger partial charge in [0.05, 0.1) is 6.61 Å². The molecule has 0 unspecified atom stereocenters. The molecule has 3 heteroatoms. The lowest BCUT2D eigenvalue weighted by molar-refractivity contribution is 0.236. The molecule has 0 saturated heterocycles. The number of hydrogen-bond acceptors (Lipinski definition) is 3. The molecule has 2 rings (SSSR count). The number of ether oxygens (including phenoxy) is 1. The van der Waals surface area contributed by atoms with Gasteiger partial charge in [-0.1, -0.05) is 6.58 Å². The van der Waals surface area contributed by atoms with Crippen molar-refractivity contribution >= 4 is 0 Å². The fraction of sp³-hybridized carbons (Fsp3) is 0.467. The highest BCUT2D eigenvalue weighted by molar-refractivity contribution is 5.37. The molecule has 0 spiro atoms. The van der Waals surface area contributed by atoms with Gasteiger partial charge in [0.15, 0.2) is 0 Å². The Hall–Kier alpha value is -1.64. The molecule has 0 saturated carbocycles. The maximum Gasteiger partial charge on any atom is 0.122 e. The van der Waals surface area contributed by atoms with Crippen LogP contribution in [0, 0.1) is 0 Å². The fourth-order valence-electron chi connectivity index (χ4n) is 2.17. The summed E-state index contributed by atoms with van der Waals surface area (Å²) in [6.45, 7) is 8.77. The third kappa shape index (κ3) is 3.42. The van der Waals surface area contributed by atoms with Crippen LogP contribution < -0.4 is 10.6 Å². The van der Waals surface area contributed by atoms with Crippen LogP contribution in [0.1, 0.15) is 26.2 Å². The molecule has 0 amide bonds. The molecule has 0 aromatic rings. The summed E-state index contributed by atoms with van der Waals surface area (Å²) in [6.07, 6.45) is 9.51. The van der Waals surface area contributed by atoms with Gasteiger partial charge in [-0.2, -0.15) is 0 Å². The van der Waals surface area contributed by atoms with Gasteiger partial charge < -0.3 is 15.4 Å². The zero-order valence-electron chi connectivity index (χ0n) is 11.1. The minimum atomic E-state index is 0.694. The number of nitrogens with one attached hydrogen (secondary N) is 2. The first-order valence-electron chi connectivity index (χ1n) is 6.66. The molecule has 98 valence electrons. The normalized spacial score (nSPS) is 19.4. The Balaban J connectivity index is 1.87. The molecule has 2 N–H and O–H groups in total. The maximum absolute atomic E-state index is 5.51. The van der Waals surface area contributed by atoms with Gasteiger partial charge in [0, 0.05) is 25.2 Å². The highest BCUT2D eigenvalue weighted by atomic mass is 16.5. The predicted octanol–water partition coefficient (Wildman–Crippen LogP) is 2.61. The highest BCUT2D eigenvalue weighted by Crippen LogP contribution is 2.22. The fourth-order valence-corrected chi connectivity index (χ4v) is 2.17. The first-order chi connectivity index (χ1) is 8.79. The maximum atomic E-state index is 5.51. The molecule has 3 nitrogen and oxygen atoms in total. The lowest BCUT2D eigenvalue weighted by atomic mass is 10.0. The molecule has 0 atom stereocenters. The van der Waals surface area contributed by atoms with E-state index in [1.165, 1.54) is 24.1 Å². The number of allylic oxidation sites excluding steroid dienone is 4.